The zero-order chi connectivity index (χ0) is 27.6. The van der Waals surface area contributed by atoms with Crippen LogP contribution in [0.4, 0.5) is 4.79 Å². The van der Waals surface area contributed by atoms with E-state index in [1.54, 1.807) is 26.7 Å². The summed E-state index contributed by atoms with van der Waals surface area (Å²) in [4.78, 5) is 44.1. The average molecular weight is 548 g/mol. The quantitative estimate of drug-likeness (QED) is 0.344. The van der Waals surface area contributed by atoms with Crippen molar-refractivity contribution >= 4 is 29.6 Å². The van der Waals surface area contributed by atoms with E-state index in [0.717, 1.165) is 29.9 Å². The lowest BCUT2D eigenvalue weighted by atomic mass is 10.0. The molecule has 1 N–H and O–H groups in total. The van der Waals surface area contributed by atoms with Crippen molar-refractivity contribution in [3.05, 3.63) is 71.8 Å². The molecule has 206 valence electrons. The molecule has 2 atom stereocenters. The minimum absolute atomic E-state index is 0.0385. The van der Waals surface area contributed by atoms with Gasteiger partial charge in [0.25, 0.3) is 0 Å². The number of benzene rings is 2. The lowest BCUT2D eigenvalue weighted by Gasteiger charge is -2.55. The molecule has 0 aliphatic carbocycles. The van der Waals surface area contributed by atoms with Crippen LogP contribution in [0.3, 0.4) is 0 Å². The molecule has 2 saturated heterocycles. The van der Waals surface area contributed by atoms with Crippen LogP contribution in [0.25, 0.3) is 0 Å². The Morgan fingerprint density at radius 3 is 2.44 bits per heavy atom. The van der Waals surface area contributed by atoms with E-state index < -0.39 is 12.2 Å². The Morgan fingerprint density at radius 1 is 1.08 bits per heavy atom. The Hall–Kier alpha value is -3.48. The molecule has 2 fully saturated rings. The summed E-state index contributed by atoms with van der Waals surface area (Å²) in [6, 6.07) is 19.0. The highest BCUT2D eigenvalue weighted by Gasteiger charge is 2.50. The van der Waals surface area contributed by atoms with Gasteiger partial charge in [0.2, 0.25) is 11.8 Å². The van der Waals surface area contributed by atoms with Gasteiger partial charge in [-0.1, -0.05) is 86.3 Å². The predicted octanol–water partition coefficient (Wildman–Crippen LogP) is 3.55. The Morgan fingerprint density at radius 2 is 1.77 bits per heavy atom. The van der Waals surface area contributed by atoms with Gasteiger partial charge in [0.1, 0.15) is 12.2 Å². The molecular formula is C30H37N5O3S. The third-order valence-electron chi connectivity index (χ3n) is 7.05. The number of hydrogen-bond donors (Lipinski definition) is 1. The van der Waals surface area contributed by atoms with Gasteiger partial charge in [0.15, 0.2) is 0 Å². The van der Waals surface area contributed by atoms with E-state index in [0.29, 0.717) is 19.5 Å². The molecule has 1 unspecified atom stereocenters. The molecule has 0 radical (unpaired) electrons. The predicted molar refractivity (Wildman–Crippen MR) is 154 cm³/mol. The highest BCUT2D eigenvalue weighted by Crippen LogP contribution is 2.29. The average Bonchev–Trinajstić information content (AvgIpc) is 2.95. The highest BCUT2D eigenvalue weighted by atomic mass is 32.2. The fourth-order valence-corrected chi connectivity index (χ4v) is 6.03. The number of thioether (sulfide) groups is 1. The smallest absolute Gasteiger partial charge is 0.334 e. The summed E-state index contributed by atoms with van der Waals surface area (Å²) in [6.07, 6.45) is 7.31. The number of rotatable bonds is 11. The van der Waals surface area contributed by atoms with Gasteiger partial charge in [0, 0.05) is 24.6 Å². The first-order valence-electron chi connectivity index (χ1n) is 13.5. The number of piperazine rings is 1. The number of nitrogens with zero attached hydrogens (tertiary/aromatic N) is 4. The molecule has 2 aliphatic rings. The molecule has 0 spiro atoms. The molecule has 2 heterocycles. The lowest BCUT2D eigenvalue weighted by molar-refractivity contribution is -0.189. The SMILES string of the molecule is C#CCN1CC(=O)N2C(CCCC)C(=O)N(CCSCc3ccccc3)C[C@@H]2N1C(=O)NCc1ccccc1. The van der Waals surface area contributed by atoms with E-state index in [2.05, 4.69) is 30.3 Å². The minimum atomic E-state index is -0.617. The van der Waals surface area contributed by atoms with Gasteiger partial charge in [-0.2, -0.15) is 16.8 Å². The van der Waals surface area contributed by atoms with Crippen molar-refractivity contribution in [2.24, 2.45) is 0 Å². The highest BCUT2D eigenvalue weighted by molar-refractivity contribution is 7.98. The molecule has 39 heavy (non-hydrogen) atoms. The monoisotopic (exact) mass is 547 g/mol. The number of terminal acetylenes is 1. The molecule has 4 amide bonds. The van der Waals surface area contributed by atoms with E-state index in [-0.39, 0.29) is 37.5 Å². The second-order valence-electron chi connectivity index (χ2n) is 9.78. The summed E-state index contributed by atoms with van der Waals surface area (Å²) < 4.78 is 0. The van der Waals surface area contributed by atoms with Crippen LogP contribution in [-0.2, 0) is 21.9 Å². The molecule has 0 saturated carbocycles. The zero-order valence-corrected chi connectivity index (χ0v) is 23.3. The van der Waals surface area contributed by atoms with Crippen molar-refractivity contribution in [1.29, 1.82) is 0 Å². The van der Waals surface area contributed by atoms with Gasteiger partial charge < -0.3 is 15.1 Å². The van der Waals surface area contributed by atoms with Gasteiger partial charge in [-0.25, -0.2) is 9.80 Å². The maximum absolute atomic E-state index is 13.6. The molecule has 2 aromatic carbocycles. The van der Waals surface area contributed by atoms with Gasteiger partial charge in [0.05, 0.1) is 19.6 Å². The third kappa shape index (κ3) is 7.14. The Labute approximate surface area is 235 Å². The summed E-state index contributed by atoms with van der Waals surface area (Å²) in [5.74, 6) is 4.00. The zero-order valence-electron chi connectivity index (χ0n) is 22.5. The van der Waals surface area contributed by atoms with E-state index in [1.807, 2.05) is 53.4 Å². The van der Waals surface area contributed by atoms with Crippen LogP contribution in [0.2, 0.25) is 0 Å². The molecule has 2 aromatic rings. The van der Waals surface area contributed by atoms with E-state index in [9.17, 15) is 14.4 Å². The van der Waals surface area contributed by atoms with Crippen LogP contribution in [0, 0.1) is 12.3 Å². The second-order valence-corrected chi connectivity index (χ2v) is 10.9. The maximum Gasteiger partial charge on any atom is 0.334 e. The standard InChI is InChI=1S/C30H37N5O3S/c1-3-5-16-26-29(37)32(18-19-39-23-25-14-10-7-11-15-25)21-27-34(26)28(36)22-33(17-4-2)35(27)30(38)31-20-24-12-8-6-9-13-24/h2,6-15,26-27H,3,5,16-23H2,1H3,(H,31,38)/t26?,27-/m0/s1. The van der Waals surface area contributed by atoms with Gasteiger partial charge in [-0.15, -0.1) is 6.42 Å². The molecule has 0 bridgehead atoms. The summed E-state index contributed by atoms with van der Waals surface area (Å²) in [6.45, 7) is 3.29. The van der Waals surface area contributed by atoms with Crippen molar-refractivity contribution in [3.63, 3.8) is 0 Å². The van der Waals surface area contributed by atoms with Crippen LogP contribution in [0.5, 0.6) is 0 Å². The summed E-state index contributed by atoms with van der Waals surface area (Å²) >= 11 is 1.77. The van der Waals surface area contributed by atoms with Crippen LogP contribution < -0.4 is 5.32 Å². The second kappa shape index (κ2) is 14.1. The number of nitrogens with one attached hydrogen (secondary N) is 1. The van der Waals surface area contributed by atoms with Crippen LogP contribution in [-0.4, -0.2) is 81.8 Å². The normalized spacial score (nSPS) is 19.5. The molecule has 0 aromatic heterocycles. The number of carbonyl (C=O) groups excluding carboxylic acids is 3. The molecule has 4 rings (SSSR count). The van der Waals surface area contributed by atoms with Crippen molar-refractivity contribution in [2.75, 3.05) is 31.9 Å². The number of unbranched alkanes of at least 4 members (excludes halogenated alkanes) is 1. The first-order chi connectivity index (χ1) is 19.0. The van der Waals surface area contributed by atoms with Crippen LogP contribution in [0.1, 0.15) is 37.3 Å². The first kappa shape index (κ1) is 28.5. The Kier molecular flexibility index (Phi) is 10.3. The Bertz CT molecular complexity index is 1160. The van der Waals surface area contributed by atoms with Crippen molar-refractivity contribution in [3.8, 4) is 12.3 Å². The van der Waals surface area contributed by atoms with Gasteiger partial charge in [-0.3, -0.25) is 9.59 Å². The largest absolute Gasteiger partial charge is 0.336 e. The van der Waals surface area contributed by atoms with E-state index in [4.69, 9.17) is 6.42 Å². The van der Waals surface area contributed by atoms with Crippen LogP contribution in [0.15, 0.2) is 60.7 Å². The number of fused-ring (bicyclic) bond motifs is 1. The first-order valence-corrected chi connectivity index (χ1v) is 14.7. The van der Waals surface area contributed by atoms with Crippen LogP contribution >= 0.6 is 11.8 Å². The summed E-state index contributed by atoms with van der Waals surface area (Å²) in [5, 5.41) is 6.18. The van der Waals surface area contributed by atoms with Crippen molar-refractivity contribution in [1.82, 2.24) is 25.1 Å². The summed E-state index contributed by atoms with van der Waals surface area (Å²) in [7, 11) is 0. The molecule has 2 aliphatic heterocycles. The molecule has 9 heteroatoms. The van der Waals surface area contributed by atoms with Crippen molar-refractivity contribution < 1.29 is 14.4 Å². The van der Waals surface area contributed by atoms with E-state index in [1.165, 1.54) is 5.56 Å². The van der Waals surface area contributed by atoms with Gasteiger partial charge in [-0.05, 0) is 17.5 Å². The number of hydrogen-bond acceptors (Lipinski definition) is 5. The van der Waals surface area contributed by atoms with Gasteiger partial charge >= 0.3 is 6.03 Å². The fraction of sp³-hybridized carbons (Fsp3) is 0.433. The number of urea groups is 1. The number of hydrazine groups is 1. The lowest BCUT2D eigenvalue weighted by Crippen LogP contribution is -2.76. The third-order valence-corrected chi connectivity index (χ3v) is 8.06. The number of amides is 4. The van der Waals surface area contributed by atoms with E-state index >= 15 is 0 Å². The maximum atomic E-state index is 13.6. The van der Waals surface area contributed by atoms with Crippen molar-refractivity contribution in [2.45, 2.75) is 50.7 Å². The Balaban J connectivity index is 1.52. The summed E-state index contributed by atoms with van der Waals surface area (Å²) in [5.41, 5.74) is 2.21. The molecule has 8 nitrogen and oxygen atoms in total. The topological polar surface area (TPSA) is 76.2 Å². The molecular weight excluding hydrogens is 510 g/mol. The number of carbonyl (C=O) groups is 3. The fourth-order valence-electron chi connectivity index (χ4n) is 5.11. The minimum Gasteiger partial charge on any atom is -0.336 e.